The Hall–Kier alpha value is -0.910. The van der Waals surface area contributed by atoms with Crippen molar-refractivity contribution in [2.75, 3.05) is 19.7 Å². The third kappa shape index (κ3) is 3.05. The molecule has 20 heavy (non-hydrogen) atoms. The van der Waals surface area contributed by atoms with Gasteiger partial charge in [0.2, 0.25) is 5.91 Å². The highest BCUT2D eigenvalue weighted by molar-refractivity contribution is 7.10. The number of nitrogens with one attached hydrogen (secondary N) is 1. The van der Waals surface area contributed by atoms with E-state index in [0.29, 0.717) is 12.6 Å². The lowest BCUT2D eigenvalue weighted by molar-refractivity contribution is -0.130. The van der Waals surface area contributed by atoms with Crippen molar-refractivity contribution in [2.24, 2.45) is 0 Å². The van der Waals surface area contributed by atoms with Gasteiger partial charge in [-0.05, 0) is 43.2 Å². The highest BCUT2D eigenvalue weighted by atomic mass is 32.1. The van der Waals surface area contributed by atoms with Gasteiger partial charge in [-0.3, -0.25) is 9.69 Å². The van der Waals surface area contributed by atoms with Crippen LogP contribution >= 0.6 is 11.3 Å². The molecule has 4 nitrogen and oxygen atoms in total. The predicted molar refractivity (Wildman–Crippen MR) is 79.9 cm³/mol. The number of amides is 1. The molecule has 0 saturated carbocycles. The zero-order valence-electron chi connectivity index (χ0n) is 11.9. The van der Waals surface area contributed by atoms with Crippen molar-refractivity contribution in [3.63, 3.8) is 0 Å². The SMILES string of the molecule is CC(CNC(=O)C1CCCO1)N1CCc2sccc2C1. The van der Waals surface area contributed by atoms with Gasteiger partial charge in [0, 0.05) is 37.2 Å². The molecule has 0 aromatic carbocycles. The Kier molecular flexibility index (Phi) is 4.38. The first-order valence-electron chi connectivity index (χ1n) is 7.42. The maximum Gasteiger partial charge on any atom is 0.249 e. The van der Waals surface area contributed by atoms with Crippen LogP contribution in [-0.4, -0.2) is 42.6 Å². The summed E-state index contributed by atoms with van der Waals surface area (Å²) in [6.07, 6.45) is 2.78. The molecule has 3 heterocycles. The van der Waals surface area contributed by atoms with Crippen molar-refractivity contribution in [1.29, 1.82) is 0 Å². The fourth-order valence-electron chi connectivity index (χ4n) is 2.92. The minimum absolute atomic E-state index is 0.0579. The number of nitrogens with zero attached hydrogens (tertiary/aromatic N) is 1. The average molecular weight is 294 g/mol. The molecule has 0 spiro atoms. The van der Waals surface area contributed by atoms with Crippen molar-refractivity contribution >= 4 is 17.2 Å². The predicted octanol–water partition coefficient (Wildman–Crippen LogP) is 1.79. The summed E-state index contributed by atoms with van der Waals surface area (Å²) in [5.74, 6) is 0.0579. The molecular formula is C15H22N2O2S. The van der Waals surface area contributed by atoms with Gasteiger partial charge in [0.05, 0.1) is 0 Å². The minimum Gasteiger partial charge on any atom is -0.368 e. The van der Waals surface area contributed by atoms with E-state index in [1.165, 1.54) is 10.4 Å². The van der Waals surface area contributed by atoms with Crippen LogP contribution in [0.2, 0.25) is 0 Å². The van der Waals surface area contributed by atoms with Crippen LogP contribution < -0.4 is 5.32 Å². The van der Waals surface area contributed by atoms with Crippen LogP contribution in [0.4, 0.5) is 0 Å². The first kappa shape index (κ1) is 14.0. The molecule has 110 valence electrons. The van der Waals surface area contributed by atoms with E-state index in [9.17, 15) is 4.79 Å². The number of hydrogen-bond acceptors (Lipinski definition) is 4. The van der Waals surface area contributed by atoms with Crippen LogP contribution in [-0.2, 0) is 22.5 Å². The van der Waals surface area contributed by atoms with E-state index >= 15 is 0 Å². The fourth-order valence-corrected chi connectivity index (χ4v) is 3.81. The average Bonchev–Trinajstić information content (AvgIpc) is 3.13. The molecule has 2 aliphatic rings. The Morgan fingerprint density at radius 1 is 1.65 bits per heavy atom. The molecular weight excluding hydrogens is 272 g/mol. The highest BCUT2D eigenvalue weighted by Gasteiger charge is 2.25. The molecule has 1 N–H and O–H groups in total. The summed E-state index contributed by atoms with van der Waals surface area (Å²) in [5.41, 5.74) is 1.46. The lowest BCUT2D eigenvalue weighted by Gasteiger charge is -2.32. The minimum atomic E-state index is -0.216. The van der Waals surface area contributed by atoms with E-state index in [4.69, 9.17) is 4.74 Å². The van der Waals surface area contributed by atoms with Crippen molar-refractivity contribution in [3.05, 3.63) is 21.9 Å². The first-order valence-corrected chi connectivity index (χ1v) is 8.30. The number of fused-ring (bicyclic) bond motifs is 1. The lowest BCUT2D eigenvalue weighted by Crippen LogP contribution is -2.46. The van der Waals surface area contributed by atoms with Crippen LogP contribution in [0.15, 0.2) is 11.4 Å². The smallest absolute Gasteiger partial charge is 0.249 e. The number of carbonyl (C=O) groups excluding carboxylic acids is 1. The third-order valence-electron chi connectivity index (χ3n) is 4.25. The summed E-state index contributed by atoms with van der Waals surface area (Å²) in [7, 11) is 0. The largest absolute Gasteiger partial charge is 0.368 e. The van der Waals surface area contributed by atoms with Crippen LogP contribution in [0.25, 0.3) is 0 Å². The lowest BCUT2D eigenvalue weighted by atomic mass is 10.1. The van der Waals surface area contributed by atoms with E-state index in [-0.39, 0.29) is 12.0 Å². The van der Waals surface area contributed by atoms with E-state index < -0.39 is 0 Å². The van der Waals surface area contributed by atoms with Gasteiger partial charge in [-0.2, -0.15) is 0 Å². The molecule has 0 aliphatic carbocycles. The van der Waals surface area contributed by atoms with E-state index in [1.807, 2.05) is 11.3 Å². The Labute approximate surface area is 124 Å². The summed E-state index contributed by atoms with van der Waals surface area (Å²) in [6, 6.07) is 2.59. The zero-order chi connectivity index (χ0) is 13.9. The Balaban J connectivity index is 1.47. The first-order chi connectivity index (χ1) is 9.74. The van der Waals surface area contributed by atoms with Crippen LogP contribution in [0, 0.1) is 0 Å². The number of ether oxygens (including phenoxy) is 1. The second kappa shape index (κ2) is 6.24. The van der Waals surface area contributed by atoms with Crippen molar-refractivity contribution in [1.82, 2.24) is 10.2 Å². The van der Waals surface area contributed by atoms with Crippen molar-refractivity contribution in [2.45, 2.75) is 44.9 Å². The fraction of sp³-hybridized carbons (Fsp3) is 0.667. The van der Waals surface area contributed by atoms with E-state index in [0.717, 1.165) is 39.0 Å². The van der Waals surface area contributed by atoms with Gasteiger partial charge in [0.15, 0.2) is 0 Å². The monoisotopic (exact) mass is 294 g/mol. The molecule has 1 aromatic rings. The van der Waals surface area contributed by atoms with Gasteiger partial charge in [-0.1, -0.05) is 0 Å². The summed E-state index contributed by atoms with van der Waals surface area (Å²) < 4.78 is 5.40. The Bertz CT molecular complexity index is 468. The van der Waals surface area contributed by atoms with Crippen LogP contribution in [0.5, 0.6) is 0 Å². The quantitative estimate of drug-likeness (QED) is 0.920. The van der Waals surface area contributed by atoms with Crippen LogP contribution in [0.3, 0.4) is 0 Å². The van der Waals surface area contributed by atoms with E-state index in [1.54, 1.807) is 0 Å². The van der Waals surface area contributed by atoms with Gasteiger partial charge in [0.25, 0.3) is 0 Å². The third-order valence-corrected chi connectivity index (χ3v) is 5.28. The van der Waals surface area contributed by atoms with Gasteiger partial charge in [-0.15, -0.1) is 11.3 Å². The molecule has 1 fully saturated rings. The standard InChI is InChI=1S/C15H22N2O2S/c1-11(9-16-15(18)13-3-2-7-19-13)17-6-4-14-12(10-17)5-8-20-14/h5,8,11,13H,2-4,6-7,9-10H2,1H3,(H,16,18). The number of rotatable bonds is 4. The molecule has 2 unspecified atom stereocenters. The number of carbonyl (C=O) groups is 1. The Morgan fingerprint density at radius 3 is 3.35 bits per heavy atom. The number of thiophene rings is 1. The molecule has 5 heteroatoms. The zero-order valence-corrected chi connectivity index (χ0v) is 12.7. The van der Waals surface area contributed by atoms with Gasteiger partial charge < -0.3 is 10.1 Å². The maximum atomic E-state index is 11.9. The van der Waals surface area contributed by atoms with Gasteiger partial charge in [0.1, 0.15) is 6.10 Å². The van der Waals surface area contributed by atoms with Gasteiger partial charge >= 0.3 is 0 Å². The van der Waals surface area contributed by atoms with Gasteiger partial charge in [-0.25, -0.2) is 0 Å². The number of hydrogen-bond donors (Lipinski definition) is 1. The molecule has 2 aliphatic heterocycles. The Morgan fingerprint density at radius 2 is 2.55 bits per heavy atom. The highest BCUT2D eigenvalue weighted by Crippen LogP contribution is 2.25. The summed E-state index contributed by atoms with van der Waals surface area (Å²) in [6.45, 7) is 5.71. The summed E-state index contributed by atoms with van der Waals surface area (Å²) in [5, 5.41) is 5.22. The molecule has 1 aromatic heterocycles. The summed E-state index contributed by atoms with van der Waals surface area (Å²) in [4.78, 5) is 15.9. The van der Waals surface area contributed by atoms with Crippen molar-refractivity contribution in [3.8, 4) is 0 Å². The summed E-state index contributed by atoms with van der Waals surface area (Å²) >= 11 is 1.86. The maximum absolute atomic E-state index is 11.9. The second-order valence-electron chi connectivity index (χ2n) is 5.69. The van der Waals surface area contributed by atoms with E-state index in [2.05, 4.69) is 28.6 Å². The molecule has 0 radical (unpaired) electrons. The molecule has 3 rings (SSSR count). The second-order valence-corrected chi connectivity index (χ2v) is 6.69. The normalized spacial score (nSPS) is 24.4. The molecule has 1 amide bonds. The molecule has 2 atom stereocenters. The topological polar surface area (TPSA) is 41.6 Å². The molecule has 1 saturated heterocycles. The van der Waals surface area contributed by atoms with Crippen molar-refractivity contribution < 1.29 is 9.53 Å². The van der Waals surface area contributed by atoms with Crippen LogP contribution in [0.1, 0.15) is 30.2 Å². The molecule has 0 bridgehead atoms.